The largest absolute Gasteiger partial charge is 0.370 e. The Morgan fingerprint density at radius 2 is 2.12 bits per heavy atom. The first-order valence-electron chi connectivity index (χ1n) is 6.24. The van der Waals surface area contributed by atoms with E-state index in [2.05, 4.69) is 30.1 Å². The Kier molecular flexibility index (Phi) is 6.03. The zero-order valence-corrected chi connectivity index (χ0v) is 11.6. The van der Waals surface area contributed by atoms with Gasteiger partial charge in [0.2, 0.25) is 0 Å². The van der Waals surface area contributed by atoms with Gasteiger partial charge in [-0.1, -0.05) is 19.8 Å². The summed E-state index contributed by atoms with van der Waals surface area (Å²) in [4.78, 5) is 6.79. The maximum Gasteiger partial charge on any atom is 0.191 e. The summed E-state index contributed by atoms with van der Waals surface area (Å²) in [7, 11) is 2.07. The van der Waals surface area contributed by atoms with Crippen LogP contribution in [0.25, 0.3) is 0 Å². The van der Waals surface area contributed by atoms with E-state index in [1.54, 1.807) is 0 Å². The van der Waals surface area contributed by atoms with Gasteiger partial charge in [-0.25, -0.2) is 4.99 Å². The third-order valence-electron chi connectivity index (χ3n) is 3.38. The van der Waals surface area contributed by atoms with Gasteiger partial charge in [-0.15, -0.1) is 0 Å². The minimum atomic E-state index is 0.481. The third-order valence-corrected chi connectivity index (χ3v) is 4.10. The third kappa shape index (κ3) is 3.89. The van der Waals surface area contributed by atoms with Gasteiger partial charge in [0.1, 0.15) is 0 Å². The van der Waals surface area contributed by atoms with E-state index in [1.807, 2.05) is 11.8 Å². The number of hydrogen-bond acceptors (Lipinski definition) is 2. The van der Waals surface area contributed by atoms with Crippen LogP contribution < -0.4 is 5.73 Å². The number of nitrogens with two attached hydrogens (primary N) is 1. The van der Waals surface area contributed by atoms with Crippen LogP contribution in [0.15, 0.2) is 4.99 Å². The maximum absolute atomic E-state index is 6.07. The number of guanidine groups is 1. The van der Waals surface area contributed by atoms with E-state index in [9.17, 15) is 0 Å². The summed E-state index contributed by atoms with van der Waals surface area (Å²) >= 11 is 1.87. The molecule has 1 atom stereocenters. The van der Waals surface area contributed by atoms with Crippen molar-refractivity contribution in [2.45, 2.75) is 51.1 Å². The monoisotopic (exact) mass is 243 g/mol. The Labute approximate surface area is 104 Å². The zero-order valence-electron chi connectivity index (χ0n) is 10.8. The molecule has 0 aliphatic heterocycles. The predicted molar refractivity (Wildman–Crippen MR) is 74.1 cm³/mol. The number of thioether (sulfide) groups is 1. The van der Waals surface area contributed by atoms with Crippen molar-refractivity contribution in [3.63, 3.8) is 0 Å². The van der Waals surface area contributed by atoms with E-state index >= 15 is 0 Å². The molecular formula is C12H25N3S. The van der Waals surface area contributed by atoms with Crippen LogP contribution in [0.4, 0.5) is 0 Å². The van der Waals surface area contributed by atoms with Crippen LogP contribution in [0.1, 0.15) is 39.0 Å². The molecular weight excluding hydrogens is 218 g/mol. The molecule has 0 spiro atoms. The second-order valence-corrected chi connectivity index (χ2v) is 5.46. The Balaban J connectivity index is 2.52. The van der Waals surface area contributed by atoms with Crippen molar-refractivity contribution >= 4 is 17.7 Å². The molecule has 16 heavy (non-hydrogen) atoms. The lowest BCUT2D eigenvalue weighted by Crippen LogP contribution is -2.43. The molecule has 4 heteroatoms. The highest BCUT2D eigenvalue weighted by atomic mass is 32.2. The van der Waals surface area contributed by atoms with Crippen molar-refractivity contribution in [2.75, 3.05) is 19.1 Å². The molecule has 1 aliphatic carbocycles. The van der Waals surface area contributed by atoms with Crippen LogP contribution in [-0.4, -0.2) is 42.0 Å². The molecule has 0 saturated heterocycles. The Bertz CT molecular complexity index is 224. The fraction of sp³-hybridized carbons (Fsp3) is 0.917. The van der Waals surface area contributed by atoms with Crippen LogP contribution in [-0.2, 0) is 0 Å². The van der Waals surface area contributed by atoms with Gasteiger partial charge in [0.15, 0.2) is 5.96 Å². The standard InChI is InChI=1S/C12H25N3S/c1-4-11(9-16-3)15(2)12(13)14-10-7-5-6-8-10/h10-11H,4-9H2,1-3H3,(H2,13,14). The van der Waals surface area contributed by atoms with Crippen LogP contribution >= 0.6 is 11.8 Å². The van der Waals surface area contributed by atoms with Gasteiger partial charge in [0, 0.05) is 18.8 Å². The van der Waals surface area contributed by atoms with Crippen molar-refractivity contribution in [2.24, 2.45) is 10.7 Å². The average molecular weight is 243 g/mol. The summed E-state index contributed by atoms with van der Waals surface area (Å²) in [6, 6.07) is 0.995. The lowest BCUT2D eigenvalue weighted by Gasteiger charge is -2.28. The summed E-state index contributed by atoms with van der Waals surface area (Å²) in [5.41, 5.74) is 6.07. The van der Waals surface area contributed by atoms with Crippen LogP contribution in [0.2, 0.25) is 0 Å². The molecule has 0 bridgehead atoms. The molecule has 0 amide bonds. The van der Waals surface area contributed by atoms with E-state index in [0.29, 0.717) is 12.1 Å². The first-order chi connectivity index (χ1) is 7.69. The van der Waals surface area contributed by atoms with E-state index < -0.39 is 0 Å². The van der Waals surface area contributed by atoms with Gasteiger partial charge in [0.25, 0.3) is 0 Å². The fourth-order valence-corrected chi connectivity index (χ4v) is 3.04. The minimum absolute atomic E-state index is 0.481. The van der Waals surface area contributed by atoms with E-state index in [4.69, 9.17) is 5.73 Å². The smallest absolute Gasteiger partial charge is 0.191 e. The summed E-state index contributed by atoms with van der Waals surface area (Å²) in [6.45, 7) is 2.21. The molecule has 1 saturated carbocycles. The topological polar surface area (TPSA) is 41.6 Å². The van der Waals surface area contributed by atoms with E-state index in [0.717, 1.165) is 18.1 Å². The van der Waals surface area contributed by atoms with Gasteiger partial charge in [-0.05, 0) is 25.5 Å². The molecule has 1 unspecified atom stereocenters. The minimum Gasteiger partial charge on any atom is -0.370 e. The molecule has 1 rings (SSSR count). The number of nitrogens with zero attached hydrogens (tertiary/aromatic N) is 2. The maximum atomic E-state index is 6.07. The average Bonchev–Trinajstić information content (AvgIpc) is 2.77. The molecule has 0 radical (unpaired) electrons. The summed E-state index contributed by atoms with van der Waals surface area (Å²) in [5.74, 6) is 1.85. The van der Waals surface area contributed by atoms with Gasteiger partial charge >= 0.3 is 0 Å². The van der Waals surface area contributed by atoms with Gasteiger partial charge in [-0.3, -0.25) is 0 Å². The summed E-state index contributed by atoms with van der Waals surface area (Å²) in [5, 5.41) is 0. The molecule has 0 aromatic rings. The van der Waals surface area contributed by atoms with E-state index in [-0.39, 0.29) is 0 Å². The van der Waals surface area contributed by atoms with Crippen molar-refractivity contribution in [3.8, 4) is 0 Å². The van der Waals surface area contributed by atoms with Gasteiger partial charge in [0.05, 0.1) is 6.04 Å². The number of rotatable bonds is 5. The molecule has 0 heterocycles. The second kappa shape index (κ2) is 7.05. The normalized spacial score (nSPS) is 20.1. The van der Waals surface area contributed by atoms with Crippen LogP contribution in [0.3, 0.4) is 0 Å². The van der Waals surface area contributed by atoms with Crippen LogP contribution in [0, 0.1) is 0 Å². The Morgan fingerprint density at radius 3 is 2.62 bits per heavy atom. The SMILES string of the molecule is CCC(CSC)N(C)C(N)=NC1CCCC1. The highest BCUT2D eigenvalue weighted by Gasteiger charge is 2.18. The van der Waals surface area contributed by atoms with E-state index in [1.165, 1.54) is 25.7 Å². The number of hydrogen-bond donors (Lipinski definition) is 1. The molecule has 0 aromatic carbocycles. The number of aliphatic imine (C=N–C) groups is 1. The Hall–Kier alpha value is -0.380. The second-order valence-electron chi connectivity index (χ2n) is 4.55. The van der Waals surface area contributed by atoms with Crippen molar-refractivity contribution < 1.29 is 0 Å². The molecule has 2 N–H and O–H groups in total. The molecule has 0 aromatic heterocycles. The lowest BCUT2D eigenvalue weighted by atomic mass is 10.2. The summed E-state index contributed by atoms with van der Waals surface area (Å²) in [6.07, 6.45) is 8.32. The van der Waals surface area contributed by atoms with Crippen LogP contribution in [0.5, 0.6) is 0 Å². The first kappa shape index (κ1) is 13.7. The highest BCUT2D eigenvalue weighted by Crippen LogP contribution is 2.21. The Morgan fingerprint density at radius 1 is 1.50 bits per heavy atom. The molecule has 1 fully saturated rings. The molecule has 94 valence electrons. The fourth-order valence-electron chi connectivity index (χ4n) is 2.19. The molecule has 3 nitrogen and oxygen atoms in total. The van der Waals surface area contributed by atoms with Crippen molar-refractivity contribution in [1.82, 2.24) is 4.90 Å². The highest BCUT2D eigenvalue weighted by molar-refractivity contribution is 7.98. The lowest BCUT2D eigenvalue weighted by molar-refractivity contribution is 0.379. The molecule has 1 aliphatic rings. The van der Waals surface area contributed by atoms with Crippen molar-refractivity contribution in [3.05, 3.63) is 0 Å². The zero-order chi connectivity index (χ0) is 12.0. The quantitative estimate of drug-likeness (QED) is 0.595. The van der Waals surface area contributed by atoms with Crippen molar-refractivity contribution in [1.29, 1.82) is 0 Å². The summed E-state index contributed by atoms with van der Waals surface area (Å²) < 4.78 is 0. The van der Waals surface area contributed by atoms with Gasteiger partial charge in [-0.2, -0.15) is 11.8 Å². The predicted octanol–water partition coefficient (Wildman–Crippen LogP) is 2.32. The van der Waals surface area contributed by atoms with Gasteiger partial charge < -0.3 is 10.6 Å². The first-order valence-corrected chi connectivity index (χ1v) is 7.63.